The molecular formula is C8H9BrN2. The Balaban J connectivity index is 2.48. The van der Waals surface area contributed by atoms with Gasteiger partial charge in [0.15, 0.2) is 0 Å². The van der Waals surface area contributed by atoms with Crippen molar-refractivity contribution < 1.29 is 0 Å². The van der Waals surface area contributed by atoms with E-state index in [1.165, 1.54) is 18.4 Å². The third-order valence-electron chi connectivity index (χ3n) is 1.96. The lowest BCUT2D eigenvalue weighted by Gasteiger charge is -2.03. The summed E-state index contributed by atoms with van der Waals surface area (Å²) >= 11 is 3.40. The highest BCUT2D eigenvalue weighted by Gasteiger charge is 2.27. The lowest BCUT2D eigenvalue weighted by atomic mass is 10.1. The van der Waals surface area contributed by atoms with Gasteiger partial charge in [0, 0.05) is 17.4 Å². The van der Waals surface area contributed by atoms with Crippen molar-refractivity contribution in [2.24, 2.45) is 0 Å². The van der Waals surface area contributed by atoms with Crippen LogP contribution in [0.25, 0.3) is 0 Å². The topological polar surface area (TPSA) is 38.9 Å². The van der Waals surface area contributed by atoms with Crippen molar-refractivity contribution in [3.05, 3.63) is 22.4 Å². The van der Waals surface area contributed by atoms with Crippen LogP contribution in [0.3, 0.4) is 0 Å². The van der Waals surface area contributed by atoms with Crippen molar-refractivity contribution >= 4 is 21.6 Å². The van der Waals surface area contributed by atoms with Crippen LogP contribution in [0.5, 0.6) is 0 Å². The van der Waals surface area contributed by atoms with Crippen molar-refractivity contribution in [3.8, 4) is 0 Å². The molecule has 1 aliphatic carbocycles. The van der Waals surface area contributed by atoms with Gasteiger partial charge < -0.3 is 5.73 Å². The molecule has 1 fully saturated rings. The highest BCUT2D eigenvalue weighted by molar-refractivity contribution is 9.10. The number of nitrogens with zero attached hydrogens (tertiary/aromatic N) is 1. The number of pyridine rings is 1. The molecule has 1 aromatic heterocycles. The minimum atomic E-state index is 0.665. The predicted molar refractivity (Wildman–Crippen MR) is 48.3 cm³/mol. The van der Waals surface area contributed by atoms with Crippen LogP contribution >= 0.6 is 15.9 Å². The molecule has 0 saturated heterocycles. The minimum absolute atomic E-state index is 0.665. The van der Waals surface area contributed by atoms with Crippen LogP contribution in [-0.4, -0.2) is 4.98 Å². The maximum atomic E-state index is 5.79. The first-order valence-corrected chi connectivity index (χ1v) is 4.48. The van der Waals surface area contributed by atoms with E-state index in [9.17, 15) is 0 Å². The highest BCUT2D eigenvalue weighted by atomic mass is 79.9. The summed E-state index contributed by atoms with van der Waals surface area (Å²) in [6, 6.07) is 1.86. The van der Waals surface area contributed by atoms with E-state index < -0.39 is 0 Å². The summed E-state index contributed by atoms with van der Waals surface area (Å²) in [5, 5.41) is 0. The van der Waals surface area contributed by atoms with E-state index in [4.69, 9.17) is 5.73 Å². The van der Waals surface area contributed by atoms with Gasteiger partial charge in [-0.2, -0.15) is 0 Å². The predicted octanol–water partition coefficient (Wildman–Crippen LogP) is 2.30. The zero-order valence-electron chi connectivity index (χ0n) is 6.05. The van der Waals surface area contributed by atoms with Gasteiger partial charge in [-0.1, -0.05) is 0 Å². The van der Waals surface area contributed by atoms with Crippen LogP contribution in [0, 0.1) is 0 Å². The summed E-state index contributed by atoms with van der Waals surface area (Å²) in [5.41, 5.74) is 7.86. The Bertz CT molecular complexity index is 261. The SMILES string of the molecule is Nc1ccnc(Br)c1C1CC1. The third kappa shape index (κ3) is 1.25. The Hall–Kier alpha value is -0.570. The van der Waals surface area contributed by atoms with Gasteiger partial charge in [-0.25, -0.2) is 4.98 Å². The molecule has 2 rings (SSSR count). The molecule has 0 spiro atoms. The van der Waals surface area contributed by atoms with Crippen molar-refractivity contribution in [1.29, 1.82) is 0 Å². The normalized spacial score (nSPS) is 16.8. The zero-order chi connectivity index (χ0) is 7.84. The van der Waals surface area contributed by atoms with Crippen LogP contribution in [0.4, 0.5) is 5.69 Å². The minimum Gasteiger partial charge on any atom is -0.398 e. The van der Waals surface area contributed by atoms with Gasteiger partial charge in [-0.15, -0.1) is 0 Å². The summed E-state index contributed by atoms with van der Waals surface area (Å²) in [7, 11) is 0. The molecule has 2 N–H and O–H groups in total. The standard InChI is InChI=1S/C8H9BrN2/c9-8-7(5-1-2-5)6(10)3-4-11-8/h3-5H,1-2H2,(H2,10,11). The average Bonchev–Trinajstić information content (AvgIpc) is 2.70. The van der Waals surface area contributed by atoms with Crippen LogP contribution < -0.4 is 5.73 Å². The molecule has 0 amide bonds. The van der Waals surface area contributed by atoms with E-state index >= 15 is 0 Å². The van der Waals surface area contributed by atoms with Crippen LogP contribution in [0.2, 0.25) is 0 Å². The van der Waals surface area contributed by atoms with Crippen LogP contribution in [0.1, 0.15) is 24.3 Å². The smallest absolute Gasteiger partial charge is 0.111 e. The van der Waals surface area contributed by atoms with E-state index in [0.717, 1.165) is 10.3 Å². The van der Waals surface area contributed by atoms with E-state index in [1.807, 2.05) is 6.07 Å². The maximum Gasteiger partial charge on any atom is 0.111 e. The summed E-state index contributed by atoms with van der Waals surface area (Å²) < 4.78 is 0.917. The van der Waals surface area contributed by atoms with Crippen molar-refractivity contribution in [3.63, 3.8) is 0 Å². The first-order valence-electron chi connectivity index (χ1n) is 3.69. The number of hydrogen-bond acceptors (Lipinski definition) is 2. The molecule has 0 unspecified atom stereocenters. The number of anilines is 1. The number of rotatable bonds is 1. The van der Waals surface area contributed by atoms with E-state index in [1.54, 1.807) is 6.20 Å². The average molecular weight is 213 g/mol. The number of hydrogen-bond donors (Lipinski definition) is 1. The number of halogens is 1. The number of nitrogens with two attached hydrogens (primary N) is 1. The molecule has 1 aromatic rings. The van der Waals surface area contributed by atoms with E-state index in [0.29, 0.717) is 5.92 Å². The van der Waals surface area contributed by atoms with Crippen molar-refractivity contribution in [2.75, 3.05) is 5.73 Å². The Kier molecular flexibility index (Phi) is 1.60. The maximum absolute atomic E-state index is 5.79. The van der Waals surface area contributed by atoms with Crippen LogP contribution in [-0.2, 0) is 0 Å². The lowest BCUT2D eigenvalue weighted by molar-refractivity contribution is 1.07. The Morgan fingerprint density at radius 2 is 2.27 bits per heavy atom. The first kappa shape index (κ1) is 7.10. The molecule has 1 heterocycles. The van der Waals surface area contributed by atoms with Gasteiger partial charge in [0.2, 0.25) is 0 Å². The molecule has 1 saturated carbocycles. The summed E-state index contributed by atoms with van der Waals surface area (Å²) in [6.45, 7) is 0. The highest BCUT2D eigenvalue weighted by Crippen LogP contribution is 2.45. The molecule has 0 bridgehead atoms. The lowest BCUT2D eigenvalue weighted by Crippen LogP contribution is -1.94. The van der Waals surface area contributed by atoms with E-state index in [2.05, 4.69) is 20.9 Å². The van der Waals surface area contributed by atoms with Crippen molar-refractivity contribution in [1.82, 2.24) is 4.98 Å². The quantitative estimate of drug-likeness (QED) is 0.727. The molecule has 58 valence electrons. The molecule has 0 atom stereocenters. The molecule has 11 heavy (non-hydrogen) atoms. The fourth-order valence-electron chi connectivity index (χ4n) is 1.24. The second-order valence-electron chi connectivity index (χ2n) is 2.88. The second kappa shape index (κ2) is 2.48. The fourth-order valence-corrected chi connectivity index (χ4v) is 1.91. The van der Waals surface area contributed by atoms with Gasteiger partial charge >= 0.3 is 0 Å². The molecule has 0 aliphatic heterocycles. The second-order valence-corrected chi connectivity index (χ2v) is 3.63. The van der Waals surface area contributed by atoms with E-state index in [-0.39, 0.29) is 0 Å². The first-order chi connectivity index (χ1) is 5.29. The fraction of sp³-hybridized carbons (Fsp3) is 0.375. The summed E-state index contributed by atoms with van der Waals surface area (Å²) in [4.78, 5) is 4.14. The summed E-state index contributed by atoms with van der Waals surface area (Å²) in [5.74, 6) is 0.665. The molecule has 2 nitrogen and oxygen atoms in total. The Morgan fingerprint density at radius 1 is 1.55 bits per heavy atom. The van der Waals surface area contributed by atoms with Crippen LogP contribution in [0.15, 0.2) is 16.9 Å². The molecular weight excluding hydrogens is 204 g/mol. The number of nitrogen functional groups attached to an aromatic ring is 1. The monoisotopic (exact) mass is 212 g/mol. The van der Waals surface area contributed by atoms with Crippen molar-refractivity contribution in [2.45, 2.75) is 18.8 Å². The number of aromatic nitrogens is 1. The molecule has 3 heteroatoms. The zero-order valence-corrected chi connectivity index (χ0v) is 7.63. The van der Waals surface area contributed by atoms with Gasteiger partial charge in [0.1, 0.15) is 4.60 Å². The van der Waals surface area contributed by atoms with Gasteiger partial charge in [0.05, 0.1) is 0 Å². The molecule has 0 radical (unpaired) electrons. The summed E-state index contributed by atoms with van der Waals surface area (Å²) in [6.07, 6.45) is 4.24. The van der Waals surface area contributed by atoms with Gasteiger partial charge in [-0.3, -0.25) is 0 Å². The molecule has 0 aromatic carbocycles. The van der Waals surface area contributed by atoms with Gasteiger partial charge in [0.25, 0.3) is 0 Å². The Labute approximate surface area is 73.9 Å². The Morgan fingerprint density at radius 3 is 2.82 bits per heavy atom. The largest absolute Gasteiger partial charge is 0.398 e. The third-order valence-corrected chi connectivity index (χ3v) is 2.59. The van der Waals surface area contributed by atoms with Gasteiger partial charge in [-0.05, 0) is 40.8 Å². The molecule has 1 aliphatic rings.